The number of rotatable bonds is 4. The molecule has 1 aromatic carbocycles. The number of aldehydes is 1. The first-order valence-corrected chi connectivity index (χ1v) is 6.16. The molecular formula is C14H19NO2. The van der Waals surface area contributed by atoms with E-state index in [2.05, 4.69) is 29.2 Å². The minimum absolute atomic E-state index is 0.101. The molecule has 1 heterocycles. The molecule has 0 aliphatic carbocycles. The van der Waals surface area contributed by atoms with Gasteiger partial charge in [0.05, 0.1) is 13.2 Å². The standard InChI is InChI=1S/C14H19NO2/c1-12(11-16)10-13-2-4-14(5-3-13)15-6-8-17-9-7-15/h2-5,11-12H,6-10H2,1H3. The van der Waals surface area contributed by atoms with Gasteiger partial charge in [0.2, 0.25) is 0 Å². The molecule has 1 aromatic rings. The van der Waals surface area contributed by atoms with Crippen molar-refractivity contribution in [3.05, 3.63) is 29.8 Å². The van der Waals surface area contributed by atoms with Crippen LogP contribution in [0.4, 0.5) is 5.69 Å². The van der Waals surface area contributed by atoms with Gasteiger partial charge in [-0.3, -0.25) is 0 Å². The predicted octanol–water partition coefficient (Wildman–Crippen LogP) is 1.90. The highest BCUT2D eigenvalue weighted by Crippen LogP contribution is 2.17. The highest BCUT2D eigenvalue weighted by atomic mass is 16.5. The second-order valence-electron chi connectivity index (χ2n) is 4.58. The average molecular weight is 233 g/mol. The Morgan fingerprint density at radius 3 is 2.53 bits per heavy atom. The average Bonchev–Trinajstić information content (AvgIpc) is 2.40. The molecule has 0 amide bonds. The van der Waals surface area contributed by atoms with Crippen molar-refractivity contribution in [1.82, 2.24) is 0 Å². The molecule has 1 unspecified atom stereocenters. The molecule has 1 saturated heterocycles. The molecule has 3 nitrogen and oxygen atoms in total. The summed E-state index contributed by atoms with van der Waals surface area (Å²) in [5.74, 6) is 0.101. The minimum Gasteiger partial charge on any atom is -0.378 e. The third-order valence-corrected chi connectivity index (χ3v) is 3.10. The number of carbonyl (C=O) groups is 1. The minimum atomic E-state index is 0.101. The first-order chi connectivity index (χ1) is 8.29. The van der Waals surface area contributed by atoms with Crippen LogP contribution in [0.1, 0.15) is 12.5 Å². The van der Waals surface area contributed by atoms with Crippen molar-refractivity contribution in [3.63, 3.8) is 0 Å². The Bertz CT molecular complexity index is 355. The Morgan fingerprint density at radius 2 is 1.94 bits per heavy atom. The highest BCUT2D eigenvalue weighted by molar-refractivity contribution is 5.54. The Labute approximate surface area is 102 Å². The lowest BCUT2D eigenvalue weighted by atomic mass is 10.0. The van der Waals surface area contributed by atoms with Crippen LogP contribution in [0, 0.1) is 5.92 Å². The zero-order chi connectivity index (χ0) is 12.1. The van der Waals surface area contributed by atoms with Crippen molar-refractivity contribution in [3.8, 4) is 0 Å². The van der Waals surface area contributed by atoms with Crippen LogP contribution in [0.5, 0.6) is 0 Å². The number of morpholine rings is 1. The van der Waals surface area contributed by atoms with Crippen LogP contribution in [0.2, 0.25) is 0 Å². The summed E-state index contributed by atoms with van der Waals surface area (Å²) in [7, 11) is 0. The van der Waals surface area contributed by atoms with Gasteiger partial charge in [0.1, 0.15) is 6.29 Å². The van der Waals surface area contributed by atoms with E-state index in [-0.39, 0.29) is 5.92 Å². The number of carbonyl (C=O) groups excluding carboxylic acids is 1. The molecule has 0 aromatic heterocycles. The van der Waals surface area contributed by atoms with E-state index in [1.165, 1.54) is 11.3 Å². The Hall–Kier alpha value is -1.35. The van der Waals surface area contributed by atoms with E-state index in [0.29, 0.717) is 0 Å². The summed E-state index contributed by atoms with van der Waals surface area (Å²) in [5, 5.41) is 0. The van der Waals surface area contributed by atoms with Crippen LogP contribution in [0.15, 0.2) is 24.3 Å². The maximum Gasteiger partial charge on any atom is 0.123 e. The molecule has 0 radical (unpaired) electrons. The summed E-state index contributed by atoms with van der Waals surface area (Å²) in [6, 6.07) is 8.51. The van der Waals surface area contributed by atoms with Crippen LogP contribution in [0.3, 0.4) is 0 Å². The van der Waals surface area contributed by atoms with Crippen molar-refractivity contribution in [2.24, 2.45) is 5.92 Å². The van der Waals surface area contributed by atoms with Crippen molar-refractivity contribution in [2.75, 3.05) is 31.2 Å². The third kappa shape index (κ3) is 3.30. The summed E-state index contributed by atoms with van der Waals surface area (Å²) in [6.45, 7) is 5.49. The molecule has 1 aliphatic heterocycles. The molecule has 0 saturated carbocycles. The number of ether oxygens (including phenoxy) is 1. The number of anilines is 1. The lowest BCUT2D eigenvalue weighted by molar-refractivity contribution is -0.110. The Balaban J connectivity index is 1.99. The SMILES string of the molecule is CC(C=O)Cc1ccc(N2CCOCC2)cc1. The molecule has 3 heteroatoms. The smallest absolute Gasteiger partial charge is 0.123 e. The number of benzene rings is 1. The lowest BCUT2D eigenvalue weighted by Crippen LogP contribution is -2.36. The van der Waals surface area contributed by atoms with Gasteiger partial charge in [0.15, 0.2) is 0 Å². The normalized spacial score (nSPS) is 17.8. The molecule has 1 atom stereocenters. The van der Waals surface area contributed by atoms with Crippen LogP contribution in [-0.4, -0.2) is 32.6 Å². The summed E-state index contributed by atoms with van der Waals surface area (Å²) in [5.41, 5.74) is 2.47. The first-order valence-electron chi connectivity index (χ1n) is 6.16. The lowest BCUT2D eigenvalue weighted by Gasteiger charge is -2.29. The van der Waals surface area contributed by atoms with E-state index in [9.17, 15) is 4.79 Å². The van der Waals surface area contributed by atoms with Crippen LogP contribution >= 0.6 is 0 Å². The molecule has 1 fully saturated rings. The van der Waals surface area contributed by atoms with Crippen molar-refractivity contribution < 1.29 is 9.53 Å². The fourth-order valence-corrected chi connectivity index (χ4v) is 2.08. The largest absolute Gasteiger partial charge is 0.378 e. The number of hydrogen-bond acceptors (Lipinski definition) is 3. The van der Waals surface area contributed by atoms with E-state index < -0.39 is 0 Å². The fraction of sp³-hybridized carbons (Fsp3) is 0.500. The maximum absolute atomic E-state index is 10.6. The van der Waals surface area contributed by atoms with Gasteiger partial charge in [-0.2, -0.15) is 0 Å². The molecule has 0 spiro atoms. The van der Waals surface area contributed by atoms with Crippen molar-refractivity contribution in [1.29, 1.82) is 0 Å². The topological polar surface area (TPSA) is 29.5 Å². The zero-order valence-electron chi connectivity index (χ0n) is 10.3. The van der Waals surface area contributed by atoms with E-state index >= 15 is 0 Å². The quantitative estimate of drug-likeness (QED) is 0.744. The number of nitrogens with zero attached hydrogens (tertiary/aromatic N) is 1. The van der Waals surface area contributed by atoms with Gasteiger partial charge >= 0.3 is 0 Å². The molecule has 17 heavy (non-hydrogen) atoms. The monoisotopic (exact) mass is 233 g/mol. The van der Waals surface area contributed by atoms with E-state index in [0.717, 1.165) is 39.0 Å². The van der Waals surface area contributed by atoms with Gasteiger partial charge in [0.25, 0.3) is 0 Å². The van der Waals surface area contributed by atoms with Gasteiger partial charge in [-0.15, -0.1) is 0 Å². The van der Waals surface area contributed by atoms with E-state index in [1.807, 2.05) is 6.92 Å². The number of hydrogen-bond donors (Lipinski definition) is 0. The Morgan fingerprint density at radius 1 is 1.29 bits per heavy atom. The van der Waals surface area contributed by atoms with Crippen LogP contribution < -0.4 is 4.90 Å². The van der Waals surface area contributed by atoms with Crippen molar-refractivity contribution >= 4 is 12.0 Å². The van der Waals surface area contributed by atoms with Gasteiger partial charge in [-0.05, 0) is 24.1 Å². The Kier molecular flexibility index (Phi) is 4.15. The second kappa shape index (κ2) is 5.82. The summed E-state index contributed by atoms with van der Waals surface area (Å²) < 4.78 is 5.33. The summed E-state index contributed by atoms with van der Waals surface area (Å²) in [4.78, 5) is 12.9. The molecule has 92 valence electrons. The predicted molar refractivity (Wildman–Crippen MR) is 68.4 cm³/mol. The first kappa shape index (κ1) is 12.1. The molecular weight excluding hydrogens is 214 g/mol. The van der Waals surface area contributed by atoms with Crippen LogP contribution in [0.25, 0.3) is 0 Å². The van der Waals surface area contributed by atoms with E-state index in [4.69, 9.17) is 4.74 Å². The van der Waals surface area contributed by atoms with Gasteiger partial charge in [-0.1, -0.05) is 19.1 Å². The summed E-state index contributed by atoms with van der Waals surface area (Å²) >= 11 is 0. The van der Waals surface area contributed by atoms with Gasteiger partial charge in [0, 0.05) is 24.7 Å². The summed E-state index contributed by atoms with van der Waals surface area (Å²) in [6.07, 6.45) is 1.84. The van der Waals surface area contributed by atoms with Gasteiger partial charge < -0.3 is 14.4 Å². The maximum atomic E-state index is 10.6. The fourth-order valence-electron chi connectivity index (χ4n) is 2.08. The molecule has 0 N–H and O–H groups in total. The van der Waals surface area contributed by atoms with Crippen molar-refractivity contribution in [2.45, 2.75) is 13.3 Å². The zero-order valence-corrected chi connectivity index (χ0v) is 10.3. The van der Waals surface area contributed by atoms with Crippen LogP contribution in [-0.2, 0) is 16.0 Å². The third-order valence-electron chi connectivity index (χ3n) is 3.10. The molecule has 1 aliphatic rings. The molecule has 2 rings (SSSR count). The highest BCUT2D eigenvalue weighted by Gasteiger charge is 2.11. The van der Waals surface area contributed by atoms with E-state index in [1.54, 1.807) is 0 Å². The molecule has 0 bridgehead atoms. The van der Waals surface area contributed by atoms with Gasteiger partial charge in [-0.25, -0.2) is 0 Å². The second-order valence-corrected chi connectivity index (χ2v) is 4.58.